The van der Waals surface area contributed by atoms with Gasteiger partial charge < -0.3 is 35.0 Å². The van der Waals surface area contributed by atoms with Crippen LogP contribution >= 0.6 is 0 Å². The van der Waals surface area contributed by atoms with E-state index in [0.29, 0.717) is 19.4 Å². The average Bonchev–Trinajstić information content (AvgIpc) is 3.58. The van der Waals surface area contributed by atoms with E-state index in [2.05, 4.69) is 31.1 Å². The lowest BCUT2D eigenvalue weighted by molar-refractivity contribution is -0.149. The highest BCUT2D eigenvalue weighted by Crippen LogP contribution is 2.31. The van der Waals surface area contributed by atoms with E-state index in [1.165, 1.54) is 0 Å². The molecule has 0 unspecified atom stereocenters. The van der Waals surface area contributed by atoms with E-state index in [4.69, 9.17) is 9.47 Å². The van der Waals surface area contributed by atoms with Gasteiger partial charge in [0, 0.05) is 46.2 Å². The van der Waals surface area contributed by atoms with E-state index in [9.17, 15) is 24.3 Å². The van der Waals surface area contributed by atoms with Crippen LogP contribution in [0.2, 0.25) is 0 Å². The average molecular weight is 743 g/mol. The minimum atomic E-state index is -0.778. The molecule has 11 nitrogen and oxygen atoms in total. The monoisotopic (exact) mass is 743 g/mol. The van der Waals surface area contributed by atoms with Gasteiger partial charge in [0.2, 0.25) is 17.7 Å². The van der Waals surface area contributed by atoms with Crippen LogP contribution in [0.3, 0.4) is 0 Å². The van der Waals surface area contributed by atoms with Gasteiger partial charge in [-0.05, 0) is 64.4 Å². The van der Waals surface area contributed by atoms with Crippen molar-refractivity contribution in [3.8, 4) is 0 Å². The summed E-state index contributed by atoms with van der Waals surface area (Å²) >= 11 is 0. The lowest BCUT2D eigenvalue weighted by Crippen LogP contribution is -2.55. The van der Waals surface area contributed by atoms with E-state index in [1.54, 1.807) is 38.0 Å². The summed E-state index contributed by atoms with van der Waals surface area (Å²) in [6, 6.07) is 8.22. The number of Topliss-reactive ketones (excluding diaryl/α,β-unsaturated/α-hetero) is 1. The molecule has 1 aromatic carbocycles. The number of likely N-dealkylation sites (tertiary alicyclic amines) is 1. The summed E-state index contributed by atoms with van der Waals surface area (Å²) in [5, 5.41) is 16.6. The fraction of sp³-hybridized carbons (Fsp3) is 0.714. The third kappa shape index (κ3) is 12.6. The second-order valence-electron chi connectivity index (χ2n) is 16.2. The van der Waals surface area contributed by atoms with E-state index in [-0.39, 0.29) is 66.0 Å². The fourth-order valence-corrected chi connectivity index (χ4v) is 7.84. The van der Waals surface area contributed by atoms with Crippen molar-refractivity contribution in [1.82, 2.24) is 20.4 Å². The van der Waals surface area contributed by atoms with Gasteiger partial charge in [-0.2, -0.15) is 0 Å². The summed E-state index contributed by atoms with van der Waals surface area (Å²) in [5.41, 5.74) is 0.169. The molecule has 2 rings (SSSR count). The number of hydrogen-bond donors (Lipinski definition) is 3. The van der Waals surface area contributed by atoms with Crippen LogP contribution in [-0.4, -0.2) is 108 Å². The lowest BCUT2D eigenvalue weighted by atomic mass is 9.82. The number of hydrogen-bond acceptors (Lipinski definition) is 8. The smallest absolute Gasteiger partial charge is 0.226 e. The molecule has 53 heavy (non-hydrogen) atoms. The normalized spacial score (nSPS) is 18.9. The zero-order valence-electron chi connectivity index (χ0n) is 34.6. The zero-order chi connectivity index (χ0) is 40.2. The summed E-state index contributed by atoms with van der Waals surface area (Å²) < 4.78 is 12.0. The van der Waals surface area contributed by atoms with Crippen LogP contribution in [0.25, 0.3) is 0 Å². The molecule has 0 aliphatic carbocycles. The van der Waals surface area contributed by atoms with E-state index in [1.807, 2.05) is 71.9 Å². The SMILES string of the molecule is C=C(O)[C@H](Cc1ccccc1)NC(=O)[C@H](C)[C@@H](OC)[C@@H]1CCCN1C(=O)C[C@@H](OC)[C@H]([C@@H](C)CC)N(C)C(=O)[C@@H](CC(=O)C(C)(C)NC(C)C)C(C)C. The number of methoxy groups -OCH3 is 2. The first-order valence-corrected chi connectivity index (χ1v) is 19.5. The first kappa shape index (κ1) is 45.9. The minimum Gasteiger partial charge on any atom is -0.511 e. The molecule has 1 aliphatic heterocycles. The van der Waals surface area contributed by atoms with Crippen LogP contribution < -0.4 is 10.6 Å². The van der Waals surface area contributed by atoms with E-state index < -0.39 is 41.7 Å². The molecule has 8 atom stereocenters. The molecule has 0 spiro atoms. The molecular weight excluding hydrogens is 672 g/mol. The standard InChI is InChI=1S/C42H70N4O7/c1-14-28(6)38(45(11)41(51)32(26(2)3)24-36(48)42(9,10)44-27(4)5)35(52-12)25-37(49)46-22-18-21-34(46)39(53-13)29(7)40(50)43-33(30(8)47)23-31-19-16-15-17-20-31/h15-17,19-20,26-29,32-35,38-39,44,47H,8,14,18,21-25H2,1-7,9-13H3,(H,43,50)/t28-,29+,32-,33-,34-,35+,38-,39+/m0/s1. The van der Waals surface area contributed by atoms with Gasteiger partial charge in [-0.1, -0.05) is 78.0 Å². The Hall–Kier alpha value is -3.28. The molecule has 1 fully saturated rings. The van der Waals surface area contributed by atoms with Crippen LogP contribution in [0.4, 0.5) is 0 Å². The second-order valence-corrected chi connectivity index (χ2v) is 16.2. The molecule has 0 saturated carbocycles. The highest BCUT2D eigenvalue weighted by molar-refractivity contribution is 5.92. The summed E-state index contributed by atoms with van der Waals surface area (Å²) in [5.74, 6) is -1.98. The molecule has 300 valence electrons. The van der Waals surface area contributed by atoms with Crippen LogP contribution in [-0.2, 0) is 35.1 Å². The molecule has 1 heterocycles. The summed E-state index contributed by atoms with van der Waals surface area (Å²) in [6.07, 6.45) is 1.50. The molecule has 0 radical (unpaired) electrons. The predicted octanol–water partition coefficient (Wildman–Crippen LogP) is 5.71. The van der Waals surface area contributed by atoms with Gasteiger partial charge >= 0.3 is 0 Å². The van der Waals surface area contributed by atoms with Crippen molar-refractivity contribution in [2.24, 2.45) is 23.7 Å². The van der Waals surface area contributed by atoms with Gasteiger partial charge in [0.05, 0.1) is 48.2 Å². The van der Waals surface area contributed by atoms with Gasteiger partial charge in [-0.3, -0.25) is 19.2 Å². The van der Waals surface area contributed by atoms with Gasteiger partial charge in [-0.15, -0.1) is 0 Å². The number of amides is 3. The number of likely N-dealkylation sites (N-methyl/N-ethyl adjacent to an activating group) is 1. The van der Waals surface area contributed by atoms with Gasteiger partial charge in [0.15, 0.2) is 5.78 Å². The predicted molar refractivity (Wildman–Crippen MR) is 210 cm³/mol. The van der Waals surface area contributed by atoms with Crippen LogP contribution in [0.1, 0.15) is 100.0 Å². The third-order valence-corrected chi connectivity index (χ3v) is 11.1. The number of rotatable bonds is 22. The Labute approximate surface area is 319 Å². The van der Waals surface area contributed by atoms with Crippen LogP contribution in [0.15, 0.2) is 42.7 Å². The maximum Gasteiger partial charge on any atom is 0.226 e. The Morgan fingerprint density at radius 3 is 2.15 bits per heavy atom. The molecule has 3 amide bonds. The van der Waals surface area contributed by atoms with Crippen molar-refractivity contribution in [2.75, 3.05) is 27.8 Å². The summed E-state index contributed by atoms with van der Waals surface area (Å²) in [4.78, 5) is 59.0. The topological polar surface area (TPSA) is 138 Å². The van der Waals surface area contributed by atoms with Crippen molar-refractivity contribution < 1.29 is 33.8 Å². The van der Waals surface area contributed by atoms with Crippen LogP contribution in [0, 0.1) is 23.7 Å². The number of nitrogens with one attached hydrogen (secondary N) is 2. The third-order valence-electron chi connectivity index (χ3n) is 11.1. The number of aliphatic hydroxyl groups is 1. The van der Waals surface area contributed by atoms with Crippen molar-refractivity contribution in [3.63, 3.8) is 0 Å². The van der Waals surface area contributed by atoms with Gasteiger partial charge in [-0.25, -0.2) is 0 Å². The number of ketones is 1. The second kappa shape index (κ2) is 21.0. The maximum absolute atomic E-state index is 14.3. The number of carbonyl (C=O) groups is 4. The molecule has 0 bridgehead atoms. The number of benzene rings is 1. The molecule has 1 aromatic rings. The zero-order valence-corrected chi connectivity index (χ0v) is 34.6. The summed E-state index contributed by atoms with van der Waals surface area (Å²) in [7, 11) is 4.89. The quantitative estimate of drug-likeness (QED) is 0.129. The number of nitrogens with zero attached hydrogens (tertiary/aromatic N) is 2. The molecule has 11 heteroatoms. The first-order valence-electron chi connectivity index (χ1n) is 19.5. The molecule has 1 saturated heterocycles. The Morgan fingerprint density at radius 2 is 1.64 bits per heavy atom. The molecule has 0 aromatic heterocycles. The van der Waals surface area contributed by atoms with Crippen molar-refractivity contribution in [3.05, 3.63) is 48.2 Å². The number of ether oxygens (including phenoxy) is 2. The molecule has 1 aliphatic rings. The Kier molecular flexibility index (Phi) is 18.2. The highest BCUT2D eigenvalue weighted by Gasteiger charge is 2.43. The largest absolute Gasteiger partial charge is 0.511 e. The fourth-order valence-electron chi connectivity index (χ4n) is 7.84. The van der Waals surface area contributed by atoms with E-state index in [0.717, 1.165) is 18.4 Å². The molecule has 3 N–H and O–H groups in total. The maximum atomic E-state index is 14.3. The van der Waals surface area contributed by atoms with Gasteiger partial charge in [0.1, 0.15) is 5.76 Å². The summed E-state index contributed by atoms with van der Waals surface area (Å²) in [6.45, 7) is 21.7. The van der Waals surface area contributed by atoms with Gasteiger partial charge in [0.25, 0.3) is 0 Å². The Morgan fingerprint density at radius 1 is 1.02 bits per heavy atom. The number of aliphatic hydroxyl groups excluding tert-OH is 1. The van der Waals surface area contributed by atoms with Crippen LogP contribution in [0.5, 0.6) is 0 Å². The minimum absolute atomic E-state index is 0.000753. The number of carbonyl (C=O) groups excluding carboxylic acids is 4. The van der Waals surface area contributed by atoms with Crippen molar-refractivity contribution in [2.45, 2.75) is 143 Å². The first-order chi connectivity index (χ1) is 24.8. The van der Waals surface area contributed by atoms with Crippen molar-refractivity contribution >= 4 is 23.5 Å². The lowest BCUT2D eigenvalue weighted by Gasteiger charge is -2.41. The van der Waals surface area contributed by atoms with Crippen molar-refractivity contribution in [1.29, 1.82) is 0 Å². The Bertz CT molecular complexity index is 1350. The highest BCUT2D eigenvalue weighted by atomic mass is 16.5. The molecular formula is C42H70N4O7. The van der Waals surface area contributed by atoms with E-state index >= 15 is 0 Å². The Balaban J connectivity index is 2.27.